The van der Waals surface area contributed by atoms with Crippen LogP contribution in [0.1, 0.15) is 16.7 Å². The Hall–Kier alpha value is -1.80. The van der Waals surface area contributed by atoms with Crippen LogP contribution < -0.4 is 4.74 Å². The third-order valence-electron chi connectivity index (χ3n) is 3.03. The largest absolute Gasteiger partial charge is 0.497 e. The highest BCUT2D eigenvalue weighted by Gasteiger charge is 2.05. The molecule has 0 saturated heterocycles. The van der Waals surface area contributed by atoms with Crippen LogP contribution in [0.3, 0.4) is 0 Å². The molecule has 0 heterocycles. The van der Waals surface area contributed by atoms with Gasteiger partial charge in [0, 0.05) is 6.61 Å². The van der Waals surface area contributed by atoms with Gasteiger partial charge < -0.3 is 9.84 Å². The number of hydrogen-bond acceptors (Lipinski definition) is 2. The molecule has 2 heteroatoms. The SMILES string of the molecule is COc1ccc(Cc2ccccc2)c(CCO)c1. The first-order valence-corrected chi connectivity index (χ1v) is 6.14. The highest BCUT2D eigenvalue weighted by molar-refractivity contribution is 5.38. The minimum absolute atomic E-state index is 0.162. The molecule has 2 aromatic rings. The first-order valence-electron chi connectivity index (χ1n) is 6.14. The second kappa shape index (κ2) is 6.22. The molecule has 0 aliphatic carbocycles. The average molecular weight is 242 g/mol. The lowest BCUT2D eigenvalue weighted by atomic mass is 9.98. The highest BCUT2D eigenvalue weighted by Crippen LogP contribution is 2.21. The zero-order chi connectivity index (χ0) is 12.8. The Balaban J connectivity index is 2.26. The minimum atomic E-state index is 0.162. The molecule has 0 fully saturated rings. The summed E-state index contributed by atoms with van der Waals surface area (Å²) in [7, 11) is 1.66. The fourth-order valence-corrected chi connectivity index (χ4v) is 2.07. The van der Waals surface area contributed by atoms with Crippen molar-refractivity contribution in [2.45, 2.75) is 12.8 Å². The number of methoxy groups -OCH3 is 1. The van der Waals surface area contributed by atoms with Crippen molar-refractivity contribution in [3.63, 3.8) is 0 Å². The summed E-state index contributed by atoms with van der Waals surface area (Å²) in [6.07, 6.45) is 1.56. The number of ether oxygens (including phenoxy) is 1. The van der Waals surface area contributed by atoms with Gasteiger partial charge >= 0.3 is 0 Å². The van der Waals surface area contributed by atoms with Crippen LogP contribution >= 0.6 is 0 Å². The van der Waals surface area contributed by atoms with Gasteiger partial charge in [-0.05, 0) is 41.7 Å². The van der Waals surface area contributed by atoms with E-state index in [2.05, 4.69) is 18.2 Å². The molecule has 0 spiro atoms. The van der Waals surface area contributed by atoms with Crippen LogP contribution in [0.4, 0.5) is 0 Å². The van der Waals surface area contributed by atoms with E-state index in [0.717, 1.165) is 17.7 Å². The molecule has 0 aliphatic rings. The van der Waals surface area contributed by atoms with Crippen molar-refractivity contribution in [1.29, 1.82) is 0 Å². The van der Waals surface area contributed by atoms with Gasteiger partial charge in [0.05, 0.1) is 7.11 Å². The molecule has 2 aromatic carbocycles. The van der Waals surface area contributed by atoms with Crippen molar-refractivity contribution >= 4 is 0 Å². The molecule has 0 radical (unpaired) electrons. The molecule has 0 aliphatic heterocycles. The van der Waals surface area contributed by atoms with Crippen molar-refractivity contribution in [3.8, 4) is 5.75 Å². The van der Waals surface area contributed by atoms with E-state index in [1.165, 1.54) is 11.1 Å². The van der Waals surface area contributed by atoms with Crippen LogP contribution in [0.15, 0.2) is 48.5 Å². The van der Waals surface area contributed by atoms with E-state index < -0.39 is 0 Å². The number of hydrogen-bond donors (Lipinski definition) is 1. The Kier molecular flexibility index (Phi) is 4.37. The quantitative estimate of drug-likeness (QED) is 0.873. The van der Waals surface area contributed by atoms with Crippen LogP contribution in [0.2, 0.25) is 0 Å². The Bertz CT molecular complexity index is 492. The van der Waals surface area contributed by atoms with E-state index in [9.17, 15) is 0 Å². The second-order valence-electron chi connectivity index (χ2n) is 4.27. The standard InChI is InChI=1S/C16H18O2/c1-18-16-8-7-14(15(12-16)9-10-17)11-13-5-3-2-4-6-13/h2-8,12,17H,9-11H2,1H3. The first kappa shape index (κ1) is 12.7. The van der Waals surface area contributed by atoms with Crippen LogP contribution in [-0.4, -0.2) is 18.8 Å². The summed E-state index contributed by atoms with van der Waals surface area (Å²) >= 11 is 0. The predicted molar refractivity (Wildman–Crippen MR) is 73.0 cm³/mol. The average Bonchev–Trinajstić information content (AvgIpc) is 2.42. The summed E-state index contributed by atoms with van der Waals surface area (Å²) in [6, 6.07) is 16.4. The summed E-state index contributed by atoms with van der Waals surface area (Å²) in [6.45, 7) is 0.162. The maximum Gasteiger partial charge on any atom is 0.119 e. The zero-order valence-electron chi connectivity index (χ0n) is 10.6. The van der Waals surface area contributed by atoms with E-state index in [1.807, 2.05) is 30.3 Å². The van der Waals surface area contributed by atoms with E-state index in [1.54, 1.807) is 7.11 Å². The van der Waals surface area contributed by atoms with Crippen molar-refractivity contribution in [2.24, 2.45) is 0 Å². The van der Waals surface area contributed by atoms with Gasteiger partial charge in [-0.3, -0.25) is 0 Å². The Labute approximate surface area is 108 Å². The summed E-state index contributed by atoms with van der Waals surface area (Å²) < 4.78 is 5.22. The number of benzene rings is 2. The molecule has 1 N–H and O–H groups in total. The Morgan fingerprint density at radius 1 is 1.00 bits per heavy atom. The Morgan fingerprint density at radius 3 is 2.44 bits per heavy atom. The summed E-state index contributed by atoms with van der Waals surface area (Å²) in [5.74, 6) is 0.843. The number of aliphatic hydroxyl groups is 1. The molecule has 0 bridgehead atoms. The van der Waals surface area contributed by atoms with Gasteiger partial charge in [-0.2, -0.15) is 0 Å². The lowest BCUT2D eigenvalue weighted by molar-refractivity contribution is 0.299. The topological polar surface area (TPSA) is 29.5 Å². The highest BCUT2D eigenvalue weighted by atomic mass is 16.5. The maximum absolute atomic E-state index is 9.13. The minimum Gasteiger partial charge on any atom is -0.497 e. The number of rotatable bonds is 5. The fourth-order valence-electron chi connectivity index (χ4n) is 2.07. The van der Waals surface area contributed by atoms with Crippen molar-refractivity contribution in [1.82, 2.24) is 0 Å². The molecule has 0 atom stereocenters. The molecular formula is C16H18O2. The molecule has 0 amide bonds. The summed E-state index contributed by atoms with van der Waals surface area (Å²) in [5.41, 5.74) is 3.68. The summed E-state index contributed by atoms with van der Waals surface area (Å²) in [5, 5.41) is 9.13. The third kappa shape index (κ3) is 3.11. The van der Waals surface area contributed by atoms with Gasteiger partial charge in [-0.15, -0.1) is 0 Å². The molecule has 0 saturated carbocycles. The van der Waals surface area contributed by atoms with Crippen molar-refractivity contribution < 1.29 is 9.84 Å². The predicted octanol–water partition coefficient (Wildman–Crippen LogP) is 2.82. The monoisotopic (exact) mass is 242 g/mol. The van der Waals surface area contributed by atoms with Crippen LogP contribution in [0, 0.1) is 0 Å². The van der Waals surface area contributed by atoms with Gasteiger partial charge in [0.1, 0.15) is 5.75 Å². The van der Waals surface area contributed by atoms with E-state index in [-0.39, 0.29) is 6.61 Å². The summed E-state index contributed by atoms with van der Waals surface area (Å²) in [4.78, 5) is 0. The number of aliphatic hydroxyl groups excluding tert-OH is 1. The molecule has 94 valence electrons. The lowest BCUT2D eigenvalue weighted by Crippen LogP contribution is -1.99. The smallest absolute Gasteiger partial charge is 0.119 e. The Morgan fingerprint density at radius 2 is 1.78 bits per heavy atom. The van der Waals surface area contributed by atoms with Gasteiger partial charge in [0.25, 0.3) is 0 Å². The van der Waals surface area contributed by atoms with Crippen LogP contribution in [-0.2, 0) is 12.8 Å². The van der Waals surface area contributed by atoms with Gasteiger partial charge in [0.2, 0.25) is 0 Å². The van der Waals surface area contributed by atoms with E-state index in [4.69, 9.17) is 9.84 Å². The second-order valence-corrected chi connectivity index (χ2v) is 4.27. The normalized spacial score (nSPS) is 10.3. The van der Waals surface area contributed by atoms with Crippen molar-refractivity contribution in [3.05, 3.63) is 65.2 Å². The van der Waals surface area contributed by atoms with E-state index in [0.29, 0.717) is 6.42 Å². The van der Waals surface area contributed by atoms with Crippen molar-refractivity contribution in [2.75, 3.05) is 13.7 Å². The van der Waals surface area contributed by atoms with Gasteiger partial charge in [-0.1, -0.05) is 36.4 Å². The maximum atomic E-state index is 9.13. The first-order chi connectivity index (χ1) is 8.83. The van der Waals surface area contributed by atoms with Gasteiger partial charge in [0.15, 0.2) is 0 Å². The van der Waals surface area contributed by atoms with Crippen LogP contribution in [0.25, 0.3) is 0 Å². The zero-order valence-corrected chi connectivity index (χ0v) is 10.6. The van der Waals surface area contributed by atoms with Gasteiger partial charge in [-0.25, -0.2) is 0 Å². The van der Waals surface area contributed by atoms with Crippen LogP contribution in [0.5, 0.6) is 5.75 Å². The molecule has 18 heavy (non-hydrogen) atoms. The van der Waals surface area contributed by atoms with E-state index >= 15 is 0 Å². The lowest BCUT2D eigenvalue weighted by Gasteiger charge is -2.11. The molecular weight excluding hydrogens is 224 g/mol. The third-order valence-corrected chi connectivity index (χ3v) is 3.03. The molecule has 2 nitrogen and oxygen atoms in total. The molecule has 0 unspecified atom stereocenters. The molecule has 0 aromatic heterocycles. The molecule has 2 rings (SSSR count). The fraction of sp³-hybridized carbons (Fsp3) is 0.250.